The smallest absolute Gasteiger partial charge is 0.313 e. The van der Waals surface area contributed by atoms with Gasteiger partial charge in [0.1, 0.15) is 11.9 Å². The predicted molar refractivity (Wildman–Crippen MR) is 126 cm³/mol. The summed E-state index contributed by atoms with van der Waals surface area (Å²) in [6.45, 7) is 4.48. The van der Waals surface area contributed by atoms with E-state index in [1.165, 1.54) is 7.11 Å². The summed E-state index contributed by atoms with van der Waals surface area (Å²) in [7, 11) is 3.09. The van der Waals surface area contributed by atoms with Crippen molar-refractivity contribution in [2.24, 2.45) is 5.92 Å². The van der Waals surface area contributed by atoms with Gasteiger partial charge in [-0.15, -0.1) is 0 Å². The van der Waals surface area contributed by atoms with Crippen LogP contribution in [0.2, 0.25) is 0 Å². The molecular weight excluding hydrogens is 422 g/mol. The number of para-hydroxylation sites is 1. The topological polar surface area (TPSA) is 97.0 Å². The highest BCUT2D eigenvalue weighted by molar-refractivity contribution is 6.39. The van der Waals surface area contributed by atoms with Crippen LogP contribution >= 0.6 is 0 Å². The Morgan fingerprint density at radius 2 is 1.82 bits per heavy atom. The van der Waals surface area contributed by atoms with Crippen LogP contribution in [0.3, 0.4) is 0 Å². The predicted octanol–water partition coefficient (Wildman–Crippen LogP) is 3.07. The van der Waals surface area contributed by atoms with Crippen LogP contribution < -0.4 is 20.3 Å². The molecule has 0 aliphatic carbocycles. The van der Waals surface area contributed by atoms with Crippen LogP contribution in [0.4, 0.5) is 11.4 Å². The van der Waals surface area contributed by atoms with E-state index >= 15 is 0 Å². The van der Waals surface area contributed by atoms with E-state index in [4.69, 9.17) is 9.47 Å². The molecule has 1 atom stereocenters. The van der Waals surface area contributed by atoms with Crippen LogP contribution in [0.25, 0.3) is 0 Å². The molecule has 1 heterocycles. The fourth-order valence-corrected chi connectivity index (χ4v) is 3.90. The Morgan fingerprint density at radius 1 is 1.06 bits per heavy atom. The Kier molecular flexibility index (Phi) is 8.06. The Labute approximate surface area is 194 Å². The lowest BCUT2D eigenvalue weighted by atomic mass is 9.99. The molecule has 0 spiro atoms. The molecule has 2 aromatic carbocycles. The molecule has 2 aromatic rings. The number of benzene rings is 2. The minimum atomic E-state index is -0.789. The minimum Gasteiger partial charge on any atom is -0.496 e. The molecule has 1 unspecified atom stereocenters. The SMILES string of the molecule is COc1ccccc1C(CNC(=O)C(=O)Nc1ccc2c(c1)N(C(=O)C(C)C)CCC2)OC. The molecule has 1 aliphatic rings. The van der Waals surface area contributed by atoms with Crippen LogP contribution in [0.1, 0.15) is 37.5 Å². The Balaban J connectivity index is 1.66. The summed E-state index contributed by atoms with van der Waals surface area (Å²) in [5.41, 5.74) is 3.07. The van der Waals surface area contributed by atoms with Crippen molar-refractivity contribution in [3.63, 3.8) is 0 Å². The number of carbonyl (C=O) groups is 3. The van der Waals surface area contributed by atoms with Gasteiger partial charge in [-0.3, -0.25) is 14.4 Å². The summed E-state index contributed by atoms with van der Waals surface area (Å²) in [4.78, 5) is 39.3. The molecule has 0 aromatic heterocycles. The first kappa shape index (κ1) is 24.3. The van der Waals surface area contributed by atoms with Crippen molar-refractivity contribution in [3.05, 3.63) is 53.6 Å². The quantitative estimate of drug-likeness (QED) is 0.628. The maximum Gasteiger partial charge on any atom is 0.313 e. The van der Waals surface area contributed by atoms with Crippen molar-refractivity contribution >= 4 is 29.1 Å². The molecule has 0 radical (unpaired) electrons. The third kappa shape index (κ3) is 5.70. The number of rotatable bonds is 7. The summed E-state index contributed by atoms with van der Waals surface area (Å²) in [6, 6.07) is 12.7. The number of aryl methyl sites for hydroxylation is 1. The number of methoxy groups -OCH3 is 2. The molecule has 33 heavy (non-hydrogen) atoms. The summed E-state index contributed by atoms with van der Waals surface area (Å²) >= 11 is 0. The number of hydrogen-bond donors (Lipinski definition) is 2. The zero-order chi connectivity index (χ0) is 24.0. The second-order valence-electron chi connectivity index (χ2n) is 8.22. The lowest BCUT2D eigenvalue weighted by Gasteiger charge is -2.31. The van der Waals surface area contributed by atoms with Gasteiger partial charge < -0.3 is 25.0 Å². The number of amides is 3. The van der Waals surface area contributed by atoms with Gasteiger partial charge in [0.25, 0.3) is 0 Å². The van der Waals surface area contributed by atoms with Crippen molar-refractivity contribution in [2.45, 2.75) is 32.8 Å². The average molecular weight is 454 g/mol. The first-order chi connectivity index (χ1) is 15.8. The molecule has 2 N–H and O–H groups in total. The van der Waals surface area contributed by atoms with Crippen LogP contribution in [-0.2, 0) is 25.5 Å². The number of fused-ring (bicyclic) bond motifs is 1. The summed E-state index contributed by atoms with van der Waals surface area (Å²) in [5, 5.41) is 5.24. The minimum absolute atomic E-state index is 0.0408. The molecular formula is C25H31N3O5. The molecule has 176 valence electrons. The molecule has 8 nitrogen and oxygen atoms in total. The van der Waals surface area contributed by atoms with Gasteiger partial charge >= 0.3 is 11.8 Å². The first-order valence-corrected chi connectivity index (χ1v) is 11.0. The van der Waals surface area contributed by atoms with Crippen molar-refractivity contribution in [1.29, 1.82) is 0 Å². The second-order valence-corrected chi connectivity index (χ2v) is 8.22. The van der Waals surface area contributed by atoms with Gasteiger partial charge in [-0.25, -0.2) is 0 Å². The van der Waals surface area contributed by atoms with E-state index in [2.05, 4.69) is 10.6 Å². The summed E-state index contributed by atoms with van der Waals surface area (Å²) in [6.07, 6.45) is 1.29. The van der Waals surface area contributed by atoms with Crippen LogP contribution in [-0.4, -0.2) is 45.0 Å². The number of nitrogens with one attached hydrogen (secondary N) is 2. The number of hydrogen-bond acceptors (Lipinski definition) is 5. The Morgan fingerprint density at radius 3 is 2.52 bits per heavy atom. The number of nitrogens with zero attached hydrogens (tertiary/aromatic N) is 1. The molecule has 0 saturated carbocycles. The largest absolute Gasteiger partial charge is 0.496 e. The lowest BCUT2D eigenvalue weighted by Crippen LogP contribution is -2.39. The van der Waals surface area contributed by atoms with Gasteiger partial charge in [0.05, 0.1) is 7.11 Å². The third-order valence-electron chi connectivity index (χ3n) is 5.65. The molecule has 3 amide bonds. The van der Waals surface area contributed by atoms with E-state index in [9.17, 15) is 14.4 Å². The Bertz CT molecular complexity index is 1020. The van der Waals surface area contributed by atoms with E-state index in [1.807, 2.05) is 38.1 Å². The lowest BCUT2D eigenvalue weighted by molar-refractivity contribution is -0.136. The highest BCUT2D eigenvalue weighted by atomic mass is 16.5. The molecule has 8 heteroatoms. The van der Waals surface area contributed by atoms with Gasteiger partial charge in [-0.2, -0.15) is 0 Å². The standard InChI is InChI=1S/C25H31N3O5/c1-16(2)25(31)28-13-7-8-17-11-12-18(14-20(17)28)27-24(30)23(29)26-15-22(33-4)19-9-5-6-10-21(19)32-3/h5-6,9-12,14,16,22H,7-8,13,15H2,1-4H3,(H,26,29)(H,27,30). The molecule has 3 rings (SSSR count). The normalized spacial score (nSPS) is 13.8. The third-order valence-corrected chi connectivity index (χ3v) is 5.65. The highest BCUT2D eigenvalue weighted by Gasteiger charge is 2.25. The van der Waals surface area contributed by atoms with Gasteiger partial charge in [-0.1, -0.05) is 38.1 Å². The van der Waals surface area contributed by atoms with Crippen LogP contribution in [0.15, 0.2) is 42.5 Å². The van der Waals surface area contributed by atoms with Crippen molar-refractivity contribution in [1.82, 2.24) is 5.32 Å². The van der Waals surface area contributed by atoms with Gasteiger partial charge in [0.15, 0.2) is 0 Å². The average Bonchev–Trinajstić information content (AvgIpc) is 2.83. The monoisotopic (exact) mass is 453 g/mol. The fraction of sp³-hybridized carbons (Fsp3) is 0.400. The molecule has 0 fully saturated rings. The van der Waals surface area contributed by atoms with Gasteiger partial charge in [0, 0.05) is 43.1 Å². The fourth-order valence-electron chi connectivity index (χ4n) is 3.90. The van der Waals surface area contributed by atoms with Crippen LogP contribution in [0.5, 0.6) is 5.75 Å². The number of anilines is 2. The maximum atomic E-state index is 12.6. The zero-order valence-corrected chi connectivity index (χ0v) is 19.5. The number of carbonyl (C=O) groups excluding carboxylic acids is 3. The maximum absolute atomic E-state index is 12.6. The first-order valence-electron chi connectivity index (χ1n) is 11.0. The van der Waals surface area contributed by atoms with Gasteiger partial charge in [-0.05, 0) is 36.6 Å². The van der Waals surface area contributed by atoms with E-state index in [0.717, 1.165) is 29.7 Å². The van der Waals surface area contributed by atoms with Crippen molar-refractivity contribution in [2.75, 3.05) is 37.5 Å². The van der Waals surface area contributed by atoms with E-state index in [-0.39, 0.29) is 18.4 Å². The van der Waals surface area contributed by atoms with Crippen LogP contribution in [0, 0.1) is 5.92 Å². The molecule has 0 bridgehead atoms. The summed E-state index contributed by atoms with van der Waals surface area (Å²) in [5.74, 6) is -1.02. The van der Waals surface area contributed by atoms with Gasteiger partial charge in [0.2, 0.25) is 5.91 Å². The van der Waals surface area contributed by atoms with E-state index in [0.29, 0.717) is 18.0 Å². The van der Waals surface area contributed by atoms with Crippen molar-refractivity contribution in [3.8, 4) is 5.75 Å². The number of ether oxygens (including phenoxy) is 2. The zero-order valence-electron chi connectivity index (χ0n) is 19.5. The Hall–Kier alpha value is -3.39. The molecule has 0 saturated heterocycles. The summed E-state index contributed by atoms with van der Waals surface area (Å²) < 4.78 is 10.8. The highest BCUT2D eigenvalue weighted by Crippen LogP contribution is 2.31. The molecule has 1 aliphatic heterocycles. The van der Waals surface area contributed by atoms with Crippen molar-refractivity contribution < 1.29 is 23.9 Å². The van der Waals surface area contributed by atoms with E-state index in [1.54, 1.807) is 30.2 Å². The van der Waals surface area contributed by atoms with E-state index < -0.39 is 17.9 Å². The second kappa shape index (κ2) is 11.0.